The lowest BCUT2D eigenvalue weighted by Gasteiger charge is -2.59. The Morgan fingerprint density at radius 2 is 1.79 bits per heavy atom. The van der Waals surface area contributed by atoms with Gasteiger partial charge in [-0.25, -0.2) is 0 Å². The Bertz CT molecular complexity index is 807. The average Bonchev–Trinajstić information content (AvgIpc) is 2.90. The van der Waals surface area contributed by atoms with E-state index in [0.717, 1.165) is 25.7 Å². The van der Waals surface area contributed by atoms with Gasteiger partial charge in [-0.15, -0.1) is 0 Å². The summed E-state index contributed by atoms with van der Waals surface area (Å²) < 4.78 is 5.83. The Labute approximate surface area is 167 Å². The van der Waals surface area contributed by atoms with Crippen molar-refractivity contribution in [3.8, 4) is 0 Å². The second-order valence-electron chi connectivity index (χ2n) is 10.1. The zero-order valence-electron chi connectivity index (χ0n) is 17.7. The van der Waals surface area contributed by atoms with Crippen molar-refractivity contribution in [3.63, 3.8) is 0 Å². The minimum atomic E-state index is -0.979. The van der Waals surface area contributed by atoms with E-state index in [1.807, 2.05) is 6.08 Å². The van der Waals surface area contributed by atoms with Gasteiger partial charge in [-0.05, 0) is 74.9 Å². The highest BCUT2D eigenvalue weighted by molar-refractivity contribution is 6.01. The molecule has 4 rings (SSSR count). The van der Waals surface area contributed by atoms with Gasteiger partial charge in [0, 0.05) is 17.8 Å². The molecule has 0 heterocycles. The minimum absolute atomic E-state index is 0.00929. The molecule has 0 amide bonds. The first kappa shape index (κ1) is 19.6. The molecule has 0 radical (unpaired) electrons. The number of ether oxygens (including phenoxy) is 1. The maximum absolute atomic E-state index is 12.8. The summed E-state index contributed by atoms with van der Waals surface area (Å²) in [5.74, 6) is 1.39. The summed E-state index contributed by atoms with van der Waals surface area (Å²) in [6, 6.07) is 0. The molecule has 0 aromatic rings. The maximum atomic E-state index is 12.8. The fraction of sp³-hybridized carbons (Fsp3) is 0.708. The molecule has 28 heavy (non-hydrogen) atoms. The third kappa shape index (κ3) is 2.39. The summed E-state index contributed by atoms with van der Waals surface area (Å²) in [4.78, 5) is 36.7. The first-order valence-corrected chi connectivity index (χ1v) is 10.7. The molecule has 0 aliphatic heterocycles. The summed E-state index contributed by atoms with van der Waals surface area (Å²) >= 11 is 0. The number of esters is 1. The molecule has 0 spiro atoms. The Kier molecular flexibility index (Phi) is 4.30. The van der Waals surface area contributed by atoms with Crippen LogP contribution in [-0.2, 0) is 19.1 Å². The molecule has 4 aliphatic rings. The van der Waals surface area contributed by atoms with Crippen molar-refractivity contribution in [1.29, 1.82) is 0 Å². The van der Waals surface area contributed by atoms with Crippen LogP contribution in [0.3, 0.4) is 0 Å². The van der Waals surface area contributed by atoms with E-state index >= 15 is 0 Å². The number of carbonyl (C=O) groups is 3. The Morgan fingerprint density at radius 3 is 2.43 bits per heavy atom. The van der Waals surface area contributed by atoms with Crippen LogP contribution in [0.2, 0.25) is 0 Å². The van der Waals surface area contributed by atoms with E-state index in [-0.39, 0.29) is 28.4 Å². The van der Waals surface area contributed by atoms with Crippen molar-refractivity contribution in [2.24, 2.45) is 34.5 Å². The molecule has 0 N–H and O–H groups in total. The minimum Gasteiger partial charge on any atom is -0.451 e. The average molecular weight is 385 g/mol. The van der Waals surface area contributed by atoms with Gasteiger partial charge in [0.05, 0.1) is 0 Å². The van der Waals surface area contributed by atoms with Crippen LogP contribution in [0, 0.1) is 34.5 Å². The predicted molar refractivity (Wildman–Crippen MR) is 106 cm³/mol. The van der Waals surface area contributed by atoms with Crippen molar-refractivity contribution in [2.45, 2.75) is 72.3 Å². The topological polar surface area (TPSA) is 60.4 Å². The highest BCUT2D eigenvalue weighted by Gasteiger charge is 2.68. The van der Waals surface area contributed by atoms with Crippen LogP contribution >= 0.6 is 0 Å². The standard InChI is InChI=1S/C24H32O4/c1-14-12-18-19(22(4)9-6-17(27)13-21(14)22)7-10-23(5)20(18)8-11-24(23,15(2)25)28-16(3)26/h6,9,13-14,18-20H,7-8,10-12H2,1-5H3/t14-,18+,19-,20-,22+,23-,24-/m0/s1. The molecule has 4 heteroatoms. The Morgan fingerprint density at radius 1 is 1.11 bits per heavy atom. The number of hydrogen-bond donors (Lipinski definition) is 0. The lowest BCUT2D eigenvalue weighted by Crippen LogP contribution is -2.59. The van der Waals surface area contributed by atoms with Crippen molar-refractivity contribution in [1.82, 2.24) is 0 Å². The van der Waals surface area contributed by atoms with E-state index in [1.165, 1.54) is 12.5 Å². The number of hydrogen-bond acceptors (Lipinski definition) is 4. The molecule has 0 aromatic carbocycles. The van der Waals surface area contributed by atoms with E-state index < -0.39 is 5.60 Å². The van der Waals surface area contributed by atoms with Crippen LogP contribution in [-0.4, -0.2) is 23.1 Å². The summed E-state index contributed by atoms with van der Waals surface area (Å²) in [5.41, 5.74) is -0.0919. The van der Waals surface area contributed by atoms with Crippen LogP contribution in [0.1, 0.15) is 66.7 Å². The summed E-state index contributed by atoms with van der Waals surface area (Å²) in [6.45, 7) is 9.71. The molecule has 3 fully saturated rings. The molecule has 7 atom stereocenters. The van der Waals surface area contributed by atoms with Crippen molar-refractivity contribution in [2.75, 3.05) is 0 Å². The largest absolute Gasteiger partial charge is 0.451 e. The molecule has 0 bridgehead atoms. The van der Waals surface area contributed by atoms with Gasteiger partial charge in [0.2, 0.25) is 0 Å². The normalized spacial score (nSPS) is 46.9. The second-order valence-corrected chi connectivity index (χ2v) is 10.1. The van der Waals surface area contributed by atoms with Gasteiger partial charge in [-0.2, -0.15) is 0 Å². The lowest BCUT2D eigenvalue weighted by atomic mass is 9.45. The third-order valence-corrected chi connectivity index (χ3v) is 8.88. The Hall–Kier alpha value is -1.71. The Balaban J connectivity index is 1.75. The first-order valence-electron chi connectivity index (χ1n) is 10.7. The van der Waals surface area contributed by atoms with Gasteiger partial charge in [-0.3, -0.25) is 14.4 Å². The molecule has 0 aromatic heterocycles. The van der Waals surface area contributed by atoms with Crippen LogP contribution < -0.4 is 0 Å². The van der Waals surface area contributed by atoms with Crippen LogP contribution in [0.25, 0.3) is 0 Å². The van der Waals surface area contributed by atoms with E-state index in [2.05, 4.69) is 26.8 Å². The van der Waals surface area contributed by atoms with Crippen molar-refractivity contribution < 1.29 is 19.1 Å². The molecule has 0 saturated heterocycles. The first-order chi connectivity index (χ1) is 13.0. The summed E-state index contributed by atoms with van der Waals surface area (Å²) in [5, 5.41) is 0. The van der Waals surface area contributed by atoms with Crippen LogP contribution in [0.5, 0.6) is 0 Å². The third-order valence-electron chi connectivity index (χ3n) is 8.88. The highest BCUT2D eigenvalue weighted by Crippen LogP contribution is 2.68. The van der Waals surface area contributed by atoms with Gasteiger partial charge in [-0.1, -0.05) is 32.4 Å². The molecule has 3 saturated carbocycles. The van der Waals surface area contributed by atoms with E-state index in [9.17, 15) is 14.4 Å². The SMILES string of the molecule is CC(=O)O[C@]1(C(C)=O)CC[C@H]2[C@@H]3C[C@H](C)C4=CC(=O)C=C[C@]4(C)[C@H]3CC[C@@]21C. The number of carbonyl (C=O) groups excluding carboxylic acids is 3. The van der Waals surface area contributed by atoms with E-state index in [0.29, 0.717) is 30.1 Å². The smallest absolute Gasteiger partial charge is 0.303 e. The zero-order valence-corrected chi connectivity index (χ0v) is 17.7. The molecule has 0 unspecified atom stereocenters. The van der Waals surface area contributed by atoms with E-state index in [1.54, 1.807) is 13.0 Å². The summed E-state index contributed by atoms with van der Waals surface area (Å²) in [7, 11) is 0. The molecular weight excluding hydrogens is 352 g/mol. The summed E-state index contributed by atoms with van der Waals surface area (Å²) in [6.07, 6.45) is 10.2. The predicted octanol–water partition coefficient (Wildman–Crippen LogP) is 4.43. The van der Waals surface area contributed by atoms with Gasteiger partial charge in [0.25, 0.3) is 0 Å². The number of rotatable bonds is 2. The number of Topliss-reactive ketones (excluding diaryl/α,β-unsaturated/α-hetero) is 1. The molecule has 4 nitrogen and oxygen atoms in total. The van der Waals surface area contributed by atoms with Crippen LogP contribution in [0.15, 0.2) is 23.8 Å². The lowest BCUT2D eigenvalue weighted by molar-refractivity contribution is -0.186. The van der Waals surface area contributed by atoms with E-state index in [4.69, 9.17) is 4.74 Å². The number of ketones is 2. The van der Waals surface area contributed by atoms with Crippen molar-refractivity contribution >= 4 is 17.5 Å². The van der Waals surface area contributed by atoms with Gasteiger partial charge >= 0.3 is 5.97 Å². The zero-order chi connectivity index (χ0) is 20.5. The fourth-order valence-electron chi connectivity index (χ4n) is 7.68. The highest BCUT2D eigenvalue weighted by atomic mass is 16.6. The van der Waals surface area contributed by atoms with Gasteiger partial charge in [0.1, 0.15) is 0 Å². The maximum Gasteiger partial charge on any atom is 0.303 e. The molecular formula is C24H32O4. The molecule has 4 aliphatic carbocycles. The molecule has 152 valence electrons. The van der Waals surface area contributed by atoms with Crippen LogP contribution in [0.4, 0.5) is 0 Å². The monoisotopic (exact) mass is 384 g/mol. The van der Waals surface area contributed by atoms with Gasteiger partial charge in [0.15, 0.2) is 17.2 Å². The van der Waals surface area contributed by atoms with Gasteiger partial charge < -0.3 is 4.74 Å². The number of allylic oxidation sites excluding steroid dienone is 4. The second kappa shape index (κ2) is 6.14. The number of fused-ring (bicyclic) bond motifs is 5. The fourth-order valence-corrected chi connectivity index (χ4v) is 7.68. The van der Waals surface area contributed by atoms with Crippen molar-refractivity contribution in [3.05, 3.63) is 23.8 Å². The quantitative estimate of drug-likeness (QED) is 0.661.